The first kappa shape index (κ1) is 6.95. The highest BCUT2D eigenvalue weighted by atomic mass is 31.1. The average Bonchev–Trinajstić information content (AvgIpc) is 2.10. The van der Waals surface area contributed by atoms with Gasteiger partial charge < -0.3 is 0 Å². The molecule has 1 fully saturated rings. The molecular weight excluding hydrogens is 159 g/mol. The van der Waals surface area contributed by atoms with Crippen LogP contribution < -0.4 is 5.32 Å². The minimum Gasteiger partial charge on any atom is -0.276 e. The van der Waals surface area contributed by atoms with Crippen molar-refractivity contribution in [3.63, 3.8) is 0 Å². The third-order valence-corrected chi connectivity index (χ3v) is 1.69. The fourth-order valence-corrected chi connectivity index (χ4v) is 1.01. The topological polar surface area (TPSA) is 83.6 Å². The van der Waals surface area contributed by atoms with Gasteiger partial charge in [0.2, 0.25) is 5.91 Å². The van der Waals surface area contributed by atoms with Crippen molar-refractivity contribution in [3.8, 4) is 0 Å². The summed E-state index contributed by atoms with van der Waals surface area (Å²) in [6.07, 6.45) is 0. The van der Waals surface area contributed by atoms with E-state index in [1.54, 1.807) is 0 Å². The van der Waals surface area contributed by atoms with E-state index in [9.17, 15) is 18.7 Å². The molecule has 0 spiro atoms. The maximum absolute atomic E-state index is 10.4. The van der Waals surface area contributed by atoms with Crippen LogP contribution in [0.25, 0.3) is 0 Å². The maximum Gasteiger partial charge on any atom is 0.431 e. The molecule has 0 bridgehead atoms. The quantitative estimate of drug-likeness (QED) is 0.421. The number of carbonyl (C=O) groups is 2. The van der Waals surface area contributed by atoms with Gasteiger partial charge in [0.15, 0.2) is 0 Å². The molecule has 1 heterocycles. The molecule has 6 nitrogen and oxygen atoms in total. The molecule has 0 atom stereocenters. The number of nitrogens with one attached hydrogen (secondary N) is 1. The maximum atomic E-state index is 10.4. The lowest BCUT2D eigenvalue weighted by Crippen LogP contribution is -2.22. The van der Waals surface area contributed by atoms with E-state index < -0.39 is 26.3 Å². The summed E-state index contributed by atoms with van der Waals surface area (Å²) >= 11 is 0. The van der Waals surface area contributed by atoms with Crippen LogP contribution in [0.3, 0.4) is 0 Å². The van der Waals surface area contributed by atoms with Crippen molar-refractivity contribution in [2.45, 2.75) is 0 Å². The Morgan fingerprint density at radius 2 is 2.00 bits per heavy atom. The molecule has 7 heteroatoms. The first-order valence-electron chi connectivity index (χ1n) is 2.37. The summed E-state index contributed by atoms with van der Waals surface area (Å²) in [7, 11) is -2.97. The second-order valence-electron chi connectivity index (χ2n) is 1.65. The number of hydrogen-bond donors (Lipinski definition) is 1. The van der Waals surface area contributed by atoms with Gasteiger partial charge in [0.05, 0.1) is 0 Å². The summed E-state index contributed by atoms with van der Waals surface area (Å²) in [5, 5.41) is 1.81. The van der Waals surface area contributed by atoms with E-state index in [-0.39, 0.29) is 0 Å². The van der Waals surface area contributed by atoms with E-state index >= 15 is 0 Å². The highest BCUT2D eigenvalue weighted by molar-refractivity contribution is 7.29. The van der Waals surface area contributed by atoms with Crippen molar-refractivity contribution in [2.24, 2.45) is 0 Å². The molecule has 10 heavy (non-hydrogen) atoms. The molecule has 0 unspecified atom stereocenters. The van der Waals surface area contributed by atoms with Crippen LogP contribution in [0.4, 0.5) is 4.79 Å². The summed E-state index contributed by atoms with van der Waals surface area (Å²) in [5.74, 6) is -0.593. The fraction of sp³-hybridized carbons (Fsp3) is 0.333. The number of urea groups is 1. The van der Waals surface area contributed by atoms with Gasteiger partial charge in [-0.2, -0.15) is 0 Å². The first-order chi connectivity index (χ1) is 4.61. The Bertz CT molecular complexity index is 249. The Morgan fingerprint density at radius 3 is 2.20 bits per heavy atom. The Morgan fingerprint density at radius 1 is 1.40 bits per heavy atom. The van der Waals surface area contributed by atoms with Crippen LogP contribution in [-0.4, -0.2) is 23.2 Å². The van der Waals surface area contributed by atoms with Gasteiger partial charge in [0, 0.05) is 0 Å². The molecule has 1 aliphatic heterocycles. The van der Waals surface area contributed by atoms with Crippen LogP contribution in [-0.2, 0) is 13.9 Å². The van der Waals surface area contributed by atoms with Crippen LogP contribution in [0.1, 0.15) is 0 Å². The van der Waals surface area contributed by atoms with E-state index in [1.807, 2.05) is 5.32 Å². The lowest BCUT2D eigenvalue weighted by Gasteiger charge is -1.96. The van der Waals surface area contributed by atoms with Gasteiger partial charge in [0.25, 0.3) is 0 Å². The summed E-state index contributed by atoms with van der Waals surface area (Å²) in [5.41, 5.74) is 0. The van der Waals surface area contributed by atoms with E-state index in [1.165, 1.54) is 0 Å². The lowest BCUT2D eigenvalue weighted by molar-refractivity contribution is -0.118. The standard InChI is InChI=1S/C3H3N2O4P/c6-2-1-5(10(8)9)3(7)4-2/h1H2,(H,4,6,7). The van der Waals surface area contributed by atoms with E-state index in [0.717, 1.165) is 0 Å². The molecule has 54 valence electrons. The summed E-state index contributed by atoms with van der Waals surface area (Å²) in [6.45, 7) is -0.391. The summed E-state index contributed by atoms with van der Waals surface area (Å²) in [4.78, 5) is 20.8. The second-order valence-corrected chi connectivity index (χ2v) is 2.61. The molecule has 1 saturated heterocycles. The van der Waals surface area contributed by atoms with Crippen LogP contribution in [0.2, 0.25) is 0 Å². The molecule has 0 aliphatic carbocycles. The fourth-order valence-electron chi connectivity index (χ4n) is 0.563. The Hall–Kier alpha value is -1.16. The van der Waals surface area contributed by atoms with Gasteiger partial charge in [-0.15, -0.1) is 0 Å². The normalized spacial score (nSPS) is 17.4. The van der Waals surface area contributed by atoms with Crippen LogP contribution in [0.15, 0.2) is 0 Å². The number of hydrogen-bond acceptors (Lipinski definition) is 4. The smallest absolute Gasteiger partial charge is 0.276 e. The van der Waals surface area contributed by atoms with Gasteiger partial charge in [-0.25, -0.2) is 18.6 Å². The van der Waals surface area contributed by atoms with Gasteiger partial charge in [-0.1, -0.05) is 0 Å². The molecule has 3 amide bonds. The van der Waals surface area contributed by atoms with Crippen LogP contribution in [0, 0.1) is 0 Å². The largest absolute Gasteiger partial charge is 0.431 e. The number of imide groups is 1. The van der Waals surface area contributed by atoms with E-state index in [2.05, 4.69) is 0 Å². The number of amides is 3. The third kappa shape index (κ3) is 1.06. The van der Waals surface area contributed by atoms with Crippen molar-refractivity contribution in [3.05, 3.63) is 0 Å². The van der Waals surface area contributed by atoms with Crippen molar-refractivity contribution in [2.75, 3.05) is 6.54 Å². The molecular formula is C3H3N2O4P. The second kappa shape index (κ2) is 2.22. The molecule has 0 saturated carbocycles. The predicted molar refractivity (Wildman–Crippen MR) is 28.5 cm³/mol. The SMILES string of the molecule is O=C1CN(P(=O)=O)C(=O)N1. The van der Waals surface area contributed by atoms with Gasteiger partial charge in [-0.05, 0) is 0 Å². The zero-order chi connectivity index (χ0) is 7.72. The Kier molecular flexibility index (Phi) is 1.55. The zero-order valence-electron chi connectivity index (χ0n) is 4.73. The van der Waals surface area contributed by atoms with Crippen LogP contribution >= 0.6 is 7.83 Å². The highest BCUT2D eigenvalue weighted by Gasteiger charge is 2.30. The van der Waals surface area contributed by atoms with Crippen molar-refractivity contribution < 1.29 is 18.7 Å². The van der Waals surface area contributed by atoms with Gasteiger partial charge in [0.1, 0.15) is 6.54 Å². The van der Waals surface area contributed by atoms with Crippen LogP contribution in [0.5, 0.6) is 0 Å². The number of nitrogens with zero attached hydrogens (tertiary/aromatic N) is 1. The zero-order valence-corrected chi connectivity index (χ0v) is 5.63. The summed E-state index contributed by atoms with van der Waals surface area (Å²) in [6, 6.07) is -0.874. The Labute approximate surface area is 56.1 Å². The van der Waals surface area contributed by atoms with Crippen molar-refractivity contribution in [1.29, 1.82) is 0 Å². The first-order valence-corrected chi connectivity index (χ1v) is 3.50. The molecule has 0 aromatic carbocycles. The molecule has 0 aromatic heterocycles. The molecule has 0 radical (unpaired) electrons. The lowest BCUT2D eigenvalue weighted by atomic mass is 10.7. The van der Waals surface area contributed by atoms with Gasteiger partial charge >= 0.3 is 13.9 Å². The predicted octanol–water partition coefficient (Wildman–Crippen LogP) is -0.374. The molecule has 1 rings (SSSR count). The van der Waals surface area contributed by atoms with Crippen molar-refractivity contribution in [1.82, 2.24) is 9.99 Å². The molecule has 1 N–H and O–H groups in total. The van der Waals surface area contributed by atoms with Gasteiger partial charge in [-0.3, -0.25) is 10.1 Å². The number of carbonyl (C=O) groups excluding carboxylic acids is 2. The minimum atomic E-state index is -2.97. The minimum absolute atomic E-state index is 0.391. The summed E-state index contributed by atoms with van der Waals surface area (Å²) < 4.78 is 20.7. The van der Waals surface area contributed by atoms with E-state index in [4.69, 9.17) is 0 Å². The van der Waals surface area contributed by atoms with E-state index in [0.29, 0.717) is 4.67 Å². The third-order valence-electron chi connectivity index (χ3n) is 0.971. The Balaban J connectivity index is 2.82. The molecule has 1 aliphatic rings. The van der Waals surface area contributed by atoms with Crippen molar-refractivity contribution >= 4 is 19.8 Å². The number of rotatable bonds is 1. The molecule has 0 aromatic rings. The highest BCUT2D eigenvalue weighted by Crippen LogP contribution is 2.15. The monoisotopic (exact) mass is 162 g/mol. The average molecular weight is 162 g/mol.